The predicted molar refractivity (Wildman–Crippen MR) is 69.7 cm³/mol. The molecule has 1 atom stereocenters. The Labute approximate surface area is 107 Å². The molecule has 1 unspecified atom stereocenters. The molecule has 0 saturated heterocycles. The van der Waals surface area contributed by atoms with Gasteiger partial charge in [-0.2, -0.15) is 0 Å². The van der Waals surface area contributed by atoms with Crippen molar-refractivity contribution in [2.24, 2.45) is 0 Å². The standard InChI is InChI=1S/C13H18ClNO2/c1-3-10(14)6-7-15-13(17)11-8-9(2)4-5-12(11)16/h4-5,8,10,16H,3,6-7H2,1-2H3,(H,15,17). The minimum Gasteiger partial charge on any atom is -0.507 e. The van der Waals surface area contributed by atoms with Gasteiger partial charge in [-0.15, -0.1) is 11.6 Å². The average molecular weight is 256 g/mol. The van der Waals surface area contributed by atoms with E-state index in [1.54, 1.807) is 12.1 Å². The minimum atomic E-state index is -0.258. The zero-order valence-corrected chi connectivity index (χ0v) is 10.9. The van der Waals surface area contributed by atoms with Gasteiger partial charge < -0.3 is 10.4 Å². The third kappa shape index (κ3) is 4.27. The maximum absolute atomic E-state index is 11.8. The number of hydrogen-bond donors (Lipinski definition) is 2. The van der Waals surface area contributed by atoms with Crippen LogP contribution in [-0.2, 0) is 0 Å². The van der Waals surface area contributed by atoms with Crippen LogP contribution < -0.4 is 5.32 Å². The van der Waals surface area contributed by atoms with Gasteiger partial charge in [-0.25, -0.2) is 0 Å². The van der Waals surface area contributed by atoms with Gasteiger partial charge in [0.25, 0.3) is 5.91 Å². The van der Waals surface area contributed by atoms with E-state index >= 15 is 0 Å². The van der Waals surface area contributed by atoms with Gasteiger partial charge in [-0.1, -0.05) is 18.6 Å². The fraction of sp³-hybridized carbons (Fsp3) is 0.462. The quantitative estimate of drug-likeness (QED) is 0.795. The second-order valence-electron chi connectivity index (χ2n) is 4.07. The molecule has 1 aromatic carbocycles. The fourth-order valence-electron chi connectivity index (χ4n) is 1.47. The van der Waals surface area contributed by atoms with E-state index in [9.17, 15) is 9.90 Å². The third-order valence-electron chi connectivity index (χ3n) is 2.58. The molecule has 94 valence electrons. The molecule has 0 aliphatic heterocycles. The lowest BCUT2D eigenvalue weighted by Crippen LogP contribution is -2.26. The molecule has 0 fully saturated rings. The highest BCUT2D eigenvalue weighted by Crippen LogP contribution is 2.17. The monoisotopic (exact) mass is 255 g/mol. The summed E-state index contributed by atoms with van der Waals surface area (Å²) in [5.41, 5.74) is 1.25. The first kappa shape index (κ1) is 13.8. The van der Waals surface area contributed by atoms with Gasteiger partial charge in [0.2, 0.25) is 0 Å². The Bertz CT molecular complexity index is 393. The molecule has 1 amide bonds. The van der Waals surface area contributed by atoms with Crippen LogP contribution in [0.15, 0.2) is 18.2 Å². The van der Waals surface area contributed by atoms with Crippen molar-refractivity contribution in [3.05, 3.63) is 29.3 Å². The first-order chi connectivity index (χ1) is 8.04. The molecule has 0 radical (unpaired) electrons. The highest BCUT2D eigenvalue weighted by Gasteiger charge is 2.11. The lowest BCUT2D eigenvalue weighted by molar-refractivity contribution is 0.0950. The van der Waals surface area contributed by atoms with Crippen molar-refractivity contribution in [3.63, 3.8) is 0 Å². The summed E-state index contributed by atoms with van der Waals surface area (Å²) >= 11 is 5.95. The Balaban J connectivity index is 2.55. The fourth-order valence-corrected chi connectivity index (χ4v) is 1.58. The molecule has 17 heavy (non-hydrogen) atoms. The maximum atomic E-state index is 11.8. The van der Waals surface area contributed by atoms with Crippen molar-refractivity contribution in [2.45, 2.75) is 32.1 Å². The van der Waals surface area contributed by atoms with Gasteiger partial charge >= 0.3 is 0 Å². The molecule has 0 aliphatic rings. The van der Waals surface area contributed by atoms with Gasteiger partial charge in [0.1, 0.15) is 5.75 Å². The molecule has 0 bridgehead atoms. The maximum Gasteiger partial charge on any atom is 0.255 e. The Kier molecular flexibility index (Phi) is 5.29. The molecular formula is C13H18ClNO2. The van der Waals surface area contributed by atoms with Crippen molar-refractivity contribution in [1.29, 1.82) is 0 Å². The molecule has 0 aliphatic carbocycles. The van der Waals surface area contributed by atoms with Crippen molar-refractivity contribution >= 4 is 17.5 Å². The topological polar surface area (TPSA) is 49.3 Å². The van der Waals surface area contributed by atoms with Crippen molar-refractivity contribution < 1.29 is 9.90 Å². The van der Waals surface area contributed by atoms with Crippen LogP contribution in [0.5, 0.6) is 5.75 Å². The largest absolute Gasteiger partial charge is 0.507 e. The SMILES string of the molecule is CCC(Cl)CCNC(=O)c1cc(C)ccc1O. The van der Waals surface area contributed by atoms with Crippen molar-refractivity contribution in [2.75, 3.05) is 6.54 Å². The number of aromatic hydroxyl groups is 1. The van der Waals surface area contributed by atoms with E-state index in [0.717, 1.165) is 18.4 Å². The number of phenolic OH excluding ortho intramolecular Hbond substituents is 1. The first-order valence-corrected chi connectivity index (χ1v) is 6.20. The number of amides is 1. The molecule has 1 aromatic rings. The molecule has 0 saturated carbocycles. The number of rotatable bonds is 5. The van der Waals surface area contributed by atoms with E-state index in [-0.39, 0.29) is 17.0 Å². The number of carbonyl (C=O) groups excluding carboxylic acids is 1. The highest BCUT2D eigenvalue weighted by atomic mass is 35.5. The number of alkyl halides is 1. The summed E-state index contributed by atoms with van der Waals surface area (Å²) in [5, 5.41) is 12.4. The number of hydrogen-bond acceptors (Lipinski definition) is 2. The molecular weight excluding hydrogens is 238 g/mol. The molecule has 0 heterocycles. The molecule has 0 aromatic heterocycles. The zero-order chi connectivity index (χ0) is 12.8. The normalized spacial score (nSPS) is 12.2. The third-order valence-corrected chi connectivity index (χ3v) is 3.11. The molecule has 1 rings (SSSR count). The predicted octanol–water partition coefficient (Wildman–Crippen LogP) is 2.84. The summed E-state index contributed by atoms with van der Waals surface area (Å²) < 4.78 is 0. The second kappa shape index (κ2) is 6.50. The van der Waals surface area contributed by atoms with Gasteiger partial charge in [-0.05, 0) is 31.9 Å². The van der Waals surface area contributed by atoms with Crippen LogP contribution >= 0.6 is 11.6 Å². The number of carbonyl (C=O) groups is 1. The molecule has 3 nitrogen and oxygen atoms in total. The smallest absolute Gasteiger partial charge is 0.255 e. The number of phenols is 1. The summed E-state index contributed by atoms with van der Waals surface area (Å²) in [4.78, 5) is 11.8. The summed E-state index contributed by atoms with van der Waals surface area (Å²) in [6, 6.07) is 4.96. The lowest BCUT2D eigenvalue weighted by atomic mass is 10.1. The Morgan fingerprint density at radius 2 is 2.24 bits per heavy atom. The highest BCUT2D eigenvalue weighted by molar-refractivity contribution is 6.20. The van der Waals surface area contributed by atoms with Crippen LogP contribution in [0.25, 0.3) is 0 Å². The summed E-state index contributed by atoms with van der Waals surface area (Å²) in [6.07, 6.45) is 1.61. The summed E-state index contributed by atoms with van der Waals surface area (Å²) in [6.45, 7) is 4.40. The minimum absolute atomic E-state index is 0.00557. The van der Waals surface area contributed by atoms with Crippen LogP contribution in [0.3, 0.4) is 0 Å². The Hall–Kier alpha value is -1.22. The number of aryl methyl sites for hydroxylation is 1. The first-order valence-electron chi connectivity index (χ1n) is 5.76. The number of nitrogens with one attached hydrogen (secondary N) is 1. The molecule has 2 N–H and O–H groups in total. The van der Waals surface area contributed by atoms with E-state index in [4.69, 9.17) is 11.6 Å². The van der Waals surface area contributed by atoms with E-state index < -0.39 is 0 Å². The summed E-state index contributed by atoms with van der Waals surface area (Å²) in [7, 11) is 0. The van der Waals surface area contributed by atoms with Crippen LogP contribution in [0.4, 0.5) is 0 Å². The van der Waals surface area contributed by atoms with E-state index in [1.165, 1.54) is 6.07 Å². The number of halogens is 1. The van der Waals surface area contributed by atoms with Crippen LogP contribution in [0.2, 0.25) is 0 Å². The average Bonchev–Trinajstić information content (AvgIpc) is 2.31. The van der Waals surface area contributed by atoms with Gasteiger partial charge in [0.05, 0.1) is 5.56 Å². The van der Waals surface area contributed by atoms with Crippen LogP contribution in [-0.4, -0.2) is 22.9 Å². The summed E-state index contributed by atoms with van der Waals surface area (Å²) in [5.74, 6) is -0.253. The molecule has 4 heteroatoms. The number of benzene rings is 1. The molecule has 0 spiro atoms. The van der Waals surface area contributed by atoms with E-state index in [1.807, 2.05) is 13.8 Å². The van der Waals surface area contributed by atoms with Gasteiger partial charge in [-0.3, -0.25) is 4.79 Å². The lowest BCUT2D eigenvalue weighted by Gasteiger charge is -2.09. The van der Waals surface area contributed by atoms with E-state index in [0.29, 0.717) is 12.1 Å². The van der Waals surface area contributed by atoms with Crippen molar-refractivity contribution in [3.8, 4) is 5.75 Å². The van der Waals surface area contributed by atoms with Crippen molar-refractivity contribution in [1.82, 2.24) is 5.32 Å². The zero-order valence-electron chi connectivity index (χ0n) is 10.2. The Morgan fingerprint density at radius 3 is 2.88 bits per heavy atom. The van der Waals surface area contributed by atoms with Crippen LogP contribution in [0, 0.1) is 6.92 Å². The van der Waals surface area contributed by atoms with E-state index in [2.05, 4.69) is 5.32 Å². The van der Waals surface area contributed by atoms with Gasteiger partial charge in [0, 0.05) is 11.9 Å². The second-order valence-corrected chi connectivity index (χ2v) is 4.69. The van der Waals surface area contributed by atoms with Crippen LogP contribution in [0.1, 0.15) is 35.7 Å². The van der Waals surface area contributed by atoms with Gasteiger partial charge in [0.15, 0.2) is 0 Å². The Morgan fingerprint density at radius 1 is 1.53 bits per heavy atom.